The van der Waals surface area contributed by atoms with Crippen molar-refractivity contribution in [1.82, 2.24) is 9.88 Å². The molecule has 1 aliphatic rings. The van der Waals surface area contributed by atoms with Crippen molar-refractivity contribution in [3.05, 3.63) is 66.4 Å². The van der Waals surface area contributed by atoms with Crippen LogP contribution in [0.3, 0.4) is 0 Å². The summed E-state index contributed by atoms with van der Waals surface area (Å²) in [7, 11) is 1.62. The van der Waals surface area contributed by atoms with Crippen LogP contribution in [0.4, 0.5) is 10.5 Å². The van der Waals surface area contributed by atoms with Gasteiger partial charge in [-0.1, -0.05) is 24.3 Å². The summed E-state index contributed by atoms with van der Waals surface area (Å²) in [4.78, 5) is 17.6. The van der Waals surface area contributed by atoms with Crippen LogP contribution in [0.25, 0.3) is 16.5 Å². The molecule has 0 bridgehead atoms. The molecule has 0 aliphatic carbocycles. The molecule has 0 spiro atoms. The van der Waals surface area contributed by atoms with Crippen molar-refractivity contribution >= 4 is 28.2 Å². The maximum absolute atomic E-state index is 12.5. The molecular weight excluding hydrogens is 326 g/mol. The second-order valence-electron chi connectivity index (χ2n) is 6.33. The second kappa shape index (κ2) is 6.96. The number of H-pyrrole nitrogens is 1. The van der Waals surface area contributed by atoms with Gasteiger partial charge < -0.3 is 19.9 Å². The van der Waals surface area contributed by atoms with Gasteiger partial charge in [0.05, 0.1) is 7.11 Å². The van der Waals surface area contributed by atoms with Gasteiger partial charge in [-0.25, -0.2) is 4.79 Å². The fraction of sp³-hybridized carbons (Fsp3) is 0.190. The van der Waals surface area contributed by atoms with Gasteiger partial charge in [0.25, 0.3) is 0 Å². The first kappa shape index (κ1) is 16.3. The average Bonchev–Trinajstić information content (AvgIpc) is 3.13. The zero-order chi connectivity index (χ0) is 17.9. The van der Waals surface area contributed by atoms with Gasteiger partial charge in [0.15, 0.2) is 0 Å². The van der Waals surface area contributed by atoms with Crippen molar-refractivity contribution in [1.29, 1.82) is 0 Å². The highest BCUT2D eigenvalue weighted by molar-refractivity contribution is 5.94. The van der Waals surface area contributed by atoms with Crippen LogP contribution in [0.1, 0.15) is 12.0 Å². The number of anilines is 1. The predicted molar refractivity (Wildman–Crippen MR) is 104 cm³/mol. The van der Waals surface area contributed by atoms with Gasteiger partial charge in [0.2, 0.25) is 0 Å². The van der Waals surface area contributed by atoms with Gasteiger partial charge in [-0.2, -0.15) is 0 Å². The molecule has 4 rings (SSSR count). The lowest BCUT2D eigenvalue weighted by Gasteiger charge is -2.26. The number of para-hydroxylation sites is 1. The molecule has 132 valence electrons. The van der Waals surface area contributed by atoms with Crippen molar-refractivity contribution in [3.63, 3.8) is 0 Å². The number of aromatic nitrogens is 1. The summed E-state index contributed by atoms with van der Waals surface area (Å²) in [5.41, 5.74) is 4.43. The molecule has 5 heteroatoms. The van der Waals surface area contributed by atoms with Crippen LogP contribution in [0.15, 0.2) is 60.8 Å². The first-order valence-corrected chi connectivity index (χ1v) is 8.70. The Kier molecular flexibility index (Phi) is 4.35. The lowest BCUT2D eigenvalue weighted by Crippen LogP contribution is -2.37. The minimum atomic E-state index is -0.0793. The number of fused-ring (bicyclic) bond motifs is 1. The number of rotatable bonds is 3. The topological polar surface area (TPSA) is 57.4 Å². The Morgan fingerprint density at radius 3 is 2.69 bits per heavy atom. The van der Waals surface area contributed by atoms with Gasteiger partial charge in [-0.15, -0.1) is 0 Å². The van der Waals surface area contributed by atoms with E-state index in [0.29, 0.717) is 13.1 Å². The smallest absolute Gasteiger partial charge is 0.322 e. The fourth-order valence-electron chi connectivity index (χ4n) is 3.31. The van der Waals surface area contributed by atoms with E-state index < -0.39 is 0 Å². The lowest BCUT2D eigenvalue weighted by atomic mass is 9.99. The number of methoxy groups -OCH3 is 1. The largest absolute Gasteiger partial charge is 0.497 e. The summed E-state index contributed by atoms with van der Waals surface area (Å²) < 4.78 is 5.13. The Labute approximate surface area is 152 Å². The van der Waals surface area contributed by atoms with E-state index >= 15 is 0 Å². The lowest BCUT2D eigenvalue weighted by molar-refractivity contribution is 0.217. The highest BCUT2D eigenvalue weighted by Gasteiger charge is 2.19. The first-order valence-electron chi connectivity index (χ1n) is 8.70. The number of benzene rings is 2. The Hall–Kier alpha value is -3.21. The molecule has 2 amide bonds. The summed E-state index contributed by atoms with van der Waals surface area (Å²) >= 11 is 0. The third-order valence-corrected chi connectivity index (χ3v) is 4.77. The number of urea groups is 1. The Bertz CT molecular complexity index is 957. The van der Waals surface area contributed by atoms with Crippen molar-refractivity contribution in [3.8, 4) is 5.75 Å². The summed E-state index contributed by atoms with van der Waals surface area (Å²) in [6.45, 7) is 1.31. The minimum absolute atomic E-state index is 0.0793. The predicted octanol–water partition coefficient (Wildman–Crippen LogP) is 4.50. The molecule has 1 aliphatic heterocycles. The normalized spacial score (nSPS) is 14.2. The summed E-state index contributed by atoms with van der Waals surface area (Å²) in [5, 5.41) is 4.17. The number of hydrogen-bond donors (Lipinski definition) is 2. The van der Waals surface area contributed by atoms with Crippen molar-refractivity contribution in [2.75, 3.05) is 25.5 Å². The molecule has 0 unspecified atom stereocenters. The van der Waals surface area contributed by atoms with Crippen molar-refractivity contribution in [2.24, 2.45) is 0 Å². The number of carbonyl (C=O) groups is 1. The third kappa shape index (κ3) is 3.16. The van der Waals surface area contributed by atoms with Gasteiger partial charge in [0, 0.05) is 41.4 Å². The van der Waals surface area contributed by atoms with Gasteiger partial charge in [0.1, 0.15) is 5.75 Å². The van der Waals surface area contributed by atoms with Gasteiger partial charge in [-0.05, 0) is 42.3 Å². The highest BCUT2D eigenvalue weighted by Crippen LogP contribution is 2.29. The molecule has 0 saturated carbocycles. The standard InChI is InChI=1S/C21H21N3O2/c1-26-17-8-6-16(7-9-17)23-21(25)24-12-10-15(11-13-24)19-14-22-20-5-3-2-4-18(19)20/h2-10,14,22H,11-13H2,1H3,(H,23,25). The van der Waals surface area contributed by atoms with E-state index in [2.05, 4.69) is 40.8 Å². The van der Waals surface area contributed by atoms with Crippen molar-refractivity contribution in [2.45, 2.75) is 6.42 Å². The molecule has 1 aromatic heterocycles. The second-order valence-corrected chi connectivity index (χ2v) is 6.33. The van der Waals surface area contributed by atoms with Crippen molar-refractivity contribution < 1.29 is 9.53 Å². The molecule has 26 heavy (non-hydrogen) atoms. The maximum Gasteiger partial charge on any atom is 0.322 e. The van der Waals surface area contributed by atoms with Gasteiger partial charge >= 0.3 is 6.03 Å². The average molecular weight is 347 g/mol. The number of nitrogens with zero attached hydrogens (tertiary/aromatic N) is 1. The van der Waals surface area contributed by atoms with E-state index in [1.165, 1.54) is 16.5 Å². The number of nitrogens with one attached hydrogen (secondary N) is 2. The van der Waals surface area contributed by atoms with Gasteiger partial charge in [-0.3, -0.25) is 0 Å². The monoisotopic (exact) mass is 347 g/mol. The number of ether oxygens (including phenoxy) is 1. The minimum Gasteiger partial charge on any atom is -0.497 e. The molecular formula is C21H21N3O2. The molecule has 0 radical (unpaired) electrons. The Morgan fingerprint density at radius 1 is 1.15 bits per heavy atom. The number of aromatic amines is 1. The molecule has 5 nitrogen and oxygen atoms in total. The number of carbonyl (C=O) groups excluding carboxylic acids is 1. The first-order chi connectivity index (χ1) is 12.7. The Balaban J connectivity index is 1.44. The van der Waals surface area contributed by atoms with Crippen LogP contribution in [-0.2, 0) is 0 Å². The maximum atomic E-state index is 12.5. The zero-order valence-electron chi connectivity index (χ0n) is 14.7. The van der Waals surface area contributed by atoms with Crippen LogP contribution in [0.2, 0.25) is 0 Å². The van der Waals surface area contributed by atoms with E-state index in [1.54, 1.807) is 7.11 Å². The van der Waals surface area contributed by atoms with Crippen LogP contribution in [0, 0.1) is 0 Å². The molecule has 2 N–H and O–H groups in total. The molecule has 0 saturated heterocycles. The van der Waals surface area contributed by atoms with Crippen LogP contribution < -0.4 is 10.1 Å². The summed E-state index contributed by atoms with van der Waals surface area (Å²) in [6, 6.07) is 15.6. The molecule has 0 atom stereocenters. The van der Waals surface area contributed by atoms with Crippen LogP contribution in [0.5, 0.6) is 5.75 Å². The van der Waals surface area contributed by atoms with Crippen LogP contribution in [-0.4, -0.2) is 36.1 Å². The van der Waals surface area contributed by atoms with Crippen LogP contribution >= 0.6 is 0 Å². The summed E-state index contributed by atoms with van der Waals surface area (Å²) in [6.07, 6.45) is 5.05. The van der Waals surface area contributed by atoms with E-state index in [-0.39, 0.29) is 6.03 Å². The third-order valence-electron chi connectivity index (χ3n) is 4.77. The van der Waals surface area contributed by atoms with E-state index in [1.807, 2.05) is 35.2 Å². The molecule has 2 heterocycles. The van der Waals surface area contributed by atoms with E-state index in [0.717, 1.165) is 23.4 Å². The summed E-state index contributed by atoms with van der Waals surface area (Å²) in [5.74, 6) is 0.771. The molecule has 3 aromatic rings. The highest BCUT2D eigenvalue weighted by atomic mass is 16.5. The molecule has 2 aromatic carbocycles. The van der Waals surface area contributed by atoms with E-state index in [9.17, 15) is 4.79 Å². The fourth-order valence-corrected chi connectivity index (χ4v) is 3.31. The molecule has 0 fully saturated rings. The zero-order valence-corrected chi connectivity index (χ0v) is 14.7. The van der Waals surface area contributed by atoms with E-state index in [4.69, 9.17) is 4.74 Å². The Morgan fingerprint density at radius 2 is 1.96 bits per heavy atom. The number of amides is 2. The number of hydrogen-bond acceptors (Lipinski definition) is 2. The SMILES string of the molecule is COc1ccc(NC(=O)N2CC=C(c3c[nH]c4ccccc34)CC2)cc1. The quantitative estimate of drug-likeness (QED) is 0.733.